The standard InChI is InChI=1S/C10H14N2O2S/c1-11-10-12-7(9(13)14)8(15-10)6-4-2-3-5-6/h6H,2-5H2,1H3,(H,11,12)(H,13,14). The Morgan fingerprint density at radius 3 is 2.73 bits per heavy atom. The van der Waals surface area contributed by atoms with E-state index < -0.39 is 5.97 Å². The van der Waals surface area contributed by atoms with Gasteiger partial charge in [-0.15, -0.1) is 11.3 Å². The summed E-state index contributed by atoms with van der Waals surface area (Å²) in [7, 11) is 1.77. The van der Waals surface area contributed by atoms with Gasteiger partial charge in [0, 0.05) is 11.9 Å². The van der Waals surface area contributed by atoms with Gasteiger partial charge in [0.05, 0.1) is 0 Å². The van der Waals surface area contributed by atoms with E-state index in [4.69, 9.17) is 5.11 Å². The monoisotopic (exact) mass is 226 g/mol. The highest BCUT2D eigenvalue weighted by molar-refractivity contribution is 7.16. The van der Waals surface area contributed by atoms with Gasteiger partial charge in [-0.25, -0.2) is 9.78 Å². The average molecular weight is 226 g/mol. The number of rotatable bonds is 3. The molecule has 1 saturated carbocycles. The molecule has 0 amide bonds. The van der Waals surface area contributed by atoms with Gasteiger partial charge >= 0.3 is 5.97 Å². The Morgan fingerprint density at radius 1 is 1.53 bits per heavy atom. The molecule has 1 aromatic heterocycles. The number of carboxylic acids is 1. The van der Waals surface area contributed by atoms with Crippen LogP contribution in [0.4, 0.5) is 5.13 Å². The number of nitrogens with zero attached hydrogens (tertiary/aromatic N) is 1. The maximum absolute atomic E-state index is 11.0. The quantitative estimate of drug-likeness (QED) is 0.831. The average Bonchev–Trinajstić information content (AvgIpc) is 2.86. The van der Waals surface area contributed by atoms with Crippen molar-refractivity contribution >= 4 is 22.4 Å². The van der Waals surface area contributed by atoms with Gasteiger partial charge in [-0.3, -0.25) is 0 Å². The first-order valence-electron chi connectivity index (χ1n) is 5.14. The summed E-state index contributed by atoms with van der Waals surface area (Å²) in [5.41, 5.74) is 0.247. The summed E-state index contributed by atoms with van der Waals surface area (Å²) in [4.78, 5) is 16.1. The van der Waals surface area contributed by atoms with E-state index in [0.717, 1.165) is 17.7 Å². The van der Waals surface area contributed by atoms with Crippen molar-refractivity contribution in [3.05, 3.63) is 10.6 Å². The topological polar surface area (TPSA) is 62.2 Å². The SMILES string of the molecule is CNc1nc(C(=O)O)c(C2CCCC2)s1. The predicted octanol–water partition coefficient (Wildman–Crippen LogP) is 2.54. The van der Waals surface area contributed by atoms with Gasteiger partial charge in [0.2, 0.25) is 0 Å². The summed E-state index contributed by atoms with van der Waals surface area (Å²) in [6.07, 6.45) is 4.62. The summed E-state index contributed by atoms with van der Waals surface area (Å²) >= 11 is 1.48. The zero-order valence-electron chi connectivity index (χ0n) is 8.62. The third-order valence-corrected chi connectivity index (χ3v) is 4.03. The number of nitrogens with one attached hydrogen (secondary N) is 1. The number of hydrogen-bond donors (Lipinski definition) is 2. The zero-order chi connectivity index (χ0) is 10.8. The molecule has 0 spiro atoms. The Labute approximate surface area is 92.3 Å². The van der Waals surface area contributed by atoms with E-state index in [1.54, 1.807) is 7.05 Å². The first-order valence-corrected chi connectivity index (χ1v) is 5.95. The molecule has 82 valence electrons. The molecule has 0 unspecified atom stereocenters. The Hall–Kier alpha value is -1.10. The predicted molar refractivity (Wildman–Crippen MR) is 59.8 cm³/mol. The molecule has 0 aromatic carbocycles. The van der Waals surface area contributed by atoms with Crippen LogP contribution in [-0.4, -0.2) is 23.1 Å². The van der Waals surface area contributed by atoms with Gasteiger partial charge in [-0.1, -0.05) is 12.8 Å². The third kappa shape index (κ3) is 1.97. The van der Waals surface area contributed by atoms with Crippen LogP contribution < -0.4 is 5.32 Å². The number of hydrogen-bond acceptors (Lipinski definition) is 4. The van der Waals surface area contributed by atoms with Crippen molar-refractivity contribution in [3.63, 3.8) is 0 Å². The van der Waals surface area contributed by atoms with Gasteiger partial charge in [-0.05, 0) is 18.8 Å². The number of aromatic nitrogens is 1. The largest absolute Gasteiger partial charge is 0.476 e. The van der Waals surface area contributed by atoms with Crippen molar-refractivity contribution in [3.8, 4) is 0 Å². The molecule has 15 heavy (non-hydrogen) atoms. The molecule has 2 N–H and O–H groups in total. The lowest BCUT2D eigenvalue weighted by Crippen LogP contribution is -2.03. The molecule has 0 aliphatic heterocycles. The molecular weight excluding hydrogens is 212 g/mol. The van der Waals surface area contributed by atoms with Crippen molar-refractivity contribution in [2.45, 2.75) is 31.6 Å². The summed E-state index contributed by atoms with van der Waals surface area (Å²) in [5, 5.41) is 12.7. The fraction of sp³-hybridized carbons (Fsp3) is 0.600. The highest BCUT2D eigenvalue weighted by Gasteiger charge is 2.26. The van der Waals surface area contributed by atoms with Crippen molar-refractivity contribution in [2.24, 2.45) is 0 Å². The van der Waals surface area contributed by atoms with Crippen LogP contribution in [0.1, 0.15) is 47.0 Å². The molecule has 2 rings (SSSR count). The van der Waals surface area contributed by atoms with Crippen LogP contribution in [0, 0.1) is 0 Å². The Bertz CT molecular complexity index is 369. The summed E-state index contributed by atoms with van der Waals surface area (Å²) in [6.45, 7) is 0. The Balaban J connectivity index is 2.34. The molecule has 1 heterocycles. The van der Waals surface area contributed by atoms with Crippen LogP contribution in [0.2, 0.25) is 0 Å². The van der Waals surface area contributed by atoms with E-state index in [9.17, 15) is 4.79 Å². The number of thiazole rings is 1. The first kappa shape index (κ1) is 10.4. The minimum atomic E-state index is -0.908. The minimum Gasteiger partial charge on any atom is -0.476 e. The van der Waals surface area contributed by atoms with Crippen LogP contribution in [-0.2, 0) is 0 Å². The maximum Gasteiger partial charge on any atom is 0.355 e. The van der Waals surface area contributed by atoms with Crippen molar-refractivity contribution in [1.82, 2.24) is 4.98 Å². The van der Waals surface area contributed by atoms with Crippen molar-refractivity contribution in [1.29, 1.82) is 0 Å². The minimum absolute atomic E-state index is 0.247. The maximum atomic E-state index is 11.0. The Morgan fingerprint density at radius 2 is 2.20 bits per heavy atom. The molecule has 5 heteroatoms. The highest BCUT2D eigenvalue weighted by Crippen LogP contribution is 2.40. The second-order valence-corrected chi connectivity index (χ2v) is 4.80. The highest BCUT2D eigenvalue weighted by atomic mass is 32.1. The lowest BCUT2D eigenvalue weighted by atomic mass is 10.1. The fourth-order valence-electron chi connectivity index (χ4n) is 2.06. The van der Waals surface area contributed by atoms with Crippen LogP contribution in [0.15, 0.2) is 0 Å². The number of carbonyl (C=O) groups is 1. The van der Waals surface area contributed by atoms with Gasteiger partial charge in [0.1, 0.15) is 0 Å². The molecule has 4 nitrogen and oxygen atoms in total. The summed E-state index contributed by atoms with van der Waals surface area (Å²) in [5.74, 6) is -0.495. The van der Waals surface area contributed by atoms with E-state index in [1.165, 1.54) is 24.2 Å². The zero-order valence-corrected chi connectivity index (χ0v) is 9.43. The first-order chi connectivity index (χ1) is 7.22. The second kappa shape index (κ2) is 4.18. The summed E-state index contributed by atoms with van der Waals surface area (Å²) < 4.78 is 0. The summed E-state index contributed by atoms with van der Waals surface area (Å²) in [6, 6.07) is 0. The van der Waals surface area contributed by atoms with Gasteiger partial charge in [-0.2, -0.15) is 0 Å². The van der Waals surface area contributed by atoms with Crippen LogP contribution >= 0.6 is 11.3 Å². The lowest BCUT2D eigenvalue weighted by molar-refractivity contribution is 0.0690. The van der Waals surface area contributed by atoms with Crippen molar-refractivity contribution < 1.29 is 9.90 Å². The van der Waals surface area contributed by atoms with Crippen LogP contribution in [0.25, 0.3) is 0 Å². The van der Waals surface area contributed by atoms with E-state index in [2.05, 4.69) is 10.3 Å². The van der Waals surface area contributed by atoms with Gasteiger partial charge < -0.3 is 10.4 Å². The molecule has 0 bridgehead atoms. The molecule has 0 radical (unpaired) electrons. The number of aromatic carboxylic acids is 1. The third-order valence-electron chi connectivity index (χ3n) is 2.80. The van der Waals surface area contributed by atoms with Crippen molar-refractivity contribution in [2.75, 3.05) is 12.4 Å². The molecule has 1 aromatic rings. The van der Waals surface area contributed by atoms with E-state index in [1.807, 2.05) is 0 Å². The molecule has 1 aliphatic rings. The van der Waals surface area contributed by atoms with Crippen LogP contribution in [0.5, 0.6) is 0 Å². The molecule has 1 fully saturated rings. The van der Waals surface area contributed by atoms with E-state index in [0.29, 0.717) is 11.0 Å². The van der Waals surface area contributed by atoms with E-state index >= 15 is 0 Å². The smallest absolute Gasteiger partial charge is 0.355 e. The lowest BCUT2D eigenvalue weighted by Gasteiger charge is -2.05. The molecular formula is C10H14N2O2S. The molecule has 1 aliphatic carbocycles. The number of carboxylic acid groups (broad SMARTS) is 1. The normalized spacial score (nSPS) is 16.9. The Kier molecular flexibility index (Phi) is 2.90. The van der Waals surface area contributed by atoms with Crippen LogP contribution in [0.3, 0.4) is 0 Å². The molecule has 0 saturated heterocycles. The van der Waals surface area contributed by atoms with Gasteiger partial charge in [0.25, 0.3) is 0 Å². The second-order valence-electron chi connectivity index (χ2n) is 3.77. The van der Waals surface area contributed by atoms with Gasteiger partial charge in [0.15, 0.2) is 10.8 Å². The molecule has 0 atom stereocenters. The fourth-order valence-corrected chi connectivity index (χ4v) is 3.14. The van der Waals surface area contributed by atoms with E-state index in [-0.39, 0.29) is 5.69 Å². The number of anilines is 1.